The second-order valence-electron chi connectivity index (χ2n) is 26.1. The first-order valence-corrected chi connectivity index (χ1v) is 27.7. The van der Waals surface area contributed by atoms with Crippen LogP contribution in [0.3, 0.4) is 0 Å². The molecule has 0 amide bonds. The first-order valence-electron chi connectivity index (χ1n) is 27.7. The SMILES string of the molecule is CC(=O)O[C@@H]1[C@@H](O[C@@H]2OC[C@](O)(CO)[C@H]2O)[C@@H](O)[C@H](O[C@H]2[C@H](OC(=O)[C@]34CCC(C)(C)C[C@H]3C3=CC[C@@H]5[C@@]6(C)C[C@H](O)[C@H](O[C@@H]7O[C@H](CO)[C@@H](O)[C@H](O)[C@H]7O)[C@@](C)(C(=O)O)[C@@H]6CC[C@@]5(C)[C@]3(C)C[C@H]4O)OC[C@H](O)[C@@H]2O)O[C@H]1C. The summed E-state index contributed by atoms with van der Waals surface area (Å²) in [7, 11) is 0. The highest BCUT2D eigenvalue weighted by atomic mass is 16.8. The number of carboxylic acid groups (broad SMARTS) is 1. The highest BCUT2D eigenvalue weighted by Crippen LogP contribution is 2.76. The fourth-order valence-corrected chi connectivity index (χ4v) is 16.4. The molecule has 0 unspecified atom stereocenters. The lowest BCUT2D eigenvalue weighted by Gasteiger charge is -2.71. The van der Waals surface area contributed by atoms with Gasteiger partial charge in [0.15, 0.2) is 31.1 Å². The lowest BCUT2D eigenvalue weighted by atomic mass is 9.33. The van der Waals surface area contributed by atoms with Gasteiger partial charge in [0.2, 0.25) is 6.29 Å². The molecule has 0 bridgehead atoms. The molecule has 0 aromatic heterocycles. The van der Waals surface area contributed by atoms with Gasteiger partial charge in [-0.15, -0.1) is 0 Å². The van der Waals surface area contributed by atoms with Crippen molar-refractivity contribution < 1.29 is 123 Å². The molecule has 25 nitrogen and oxygen atoms in total. The van der Waals surface area contributed by atoms with Crippen molar-refractivity contribution in [3.63, 3.8) is 0 Å². The van der Waals surface area contributed by atoms with E-state index in [1.165, 1.54) is 13.8 Å². The average molecular weight is 1130 g/mol. The van der Waals surface area contributed by atoms with E-state index < -0.39 is 206 Å². The van der Waals surface area contributed by atoms with Crippen LogP contribution in [-0.2, 0) is 57.0 Å². The molecule has 450 valence electrons. The molecule has 4 heterocycles. The summed E-state index contributed by atoms with van der Waals surface area (Å²) in [6, 6.07) is 0. The molecular weight excluding hydrogens is 1050 g/mol. The highest BCUT2D eigenvalue weighted by molar-refractivity contribution is 5.80. The zero-order valence-electron chi connectivity index (χ0n) is 46.0. The fourth-order valence-electron chi connectivity index (χ4n) is 16.4. The first kappa shape index (κ1) is 61.0. The Morgan fingerprint density at radius 2 is 1.37 bits per heavy atom. The van der Waals surface area contributed by atoms with Crippen LogP contribution in [0.2, 0.25) is 0 Å². The topological polar surface area (TPSA) is 397 Å². The third-order valence-electron chi connectivity index (χ3n) is 21.1. The van der Waals surface area contributed by atoms with Gasteiger partial charge in [-0.25, -0.2) is 0 Å². The van der Waals surface area contributed by atoms with Crippen LogP contribution in [0, 0.1) is 50.2 Å². The second-order valence-corrected chi connectivity index (χ2v) is 26.1. The Balaban J connectivity index is 0.993. The van der Waals surface area contributed by atoms with E-state index in [1.54, 1.807) is 0 Å². The number of aliphatic hydroxyl groups excluding tert-OH is 11. The second kappa shape index (κ2) is 21.5. The molecule has 79 heavy (non-hydrogen) atoms. The maximum atomic E-state index is 15.4. The molecule has 9 aliphatic rings. The number of hydrogen-bond donors (Lipinski definition) is 13. The van der Waals surface area contributed by atoms with Gasteiger partial charge in [-0.05, 0) is 105 Å². The molecule has 4 saturated heterocycles. The van der Waals surface area contributed by atoms with Crippen LogP contribution in [0.15, 0.2) is 11.6 Å². The summed E-state index contributed by atoms with van der Waals surface area (Å²) >= 11 is 0. The Kier molecular flexibility index (Phi) is 16.6. The Labute approximate surface area is 457 Å². The standard InChI is InChI=1S/C54H84O25/c1-22-37(74-23(2)57)38(76-45-40(66)53(70,20-56)21-72-45)36(65)43(73-22)77-39-32(61)27(59)19-71-44(39)79-47(69)54-14-13-48(3,4)15-25(54)24-9-10-29-49(5)16-26(58)41(78-42-35(64)34(63)33(62)28(18-55)75-42)52(8,46(67)68)30(49)11-12-50(29,6)51(24,7)17-31(54)60/h9,22,25-45,55-56,58-66,70H,10-21H2,1-8H3,(H,67,68)/t22-,25-,26-,27-,28+,29+,30+,31+,32-,33+,34-,35+,36+,37-,38-,39+,40-,41-,42-,43-,44-,45-,49+,50+,51+,52-,53+,54+/m0/s1. The minimum atomic E-state index is -2.13. The van der Waals surface area contributed by atoms with Crippen LogP contribution < -0.4 is 0 Å². The smallest absolute Gasteiger partial charge is 0.317 e. The molecule has 13 N–H and O–H groups in total. The van der Waals surface area contributed by atoms with E-state index in [0.717, 1.165) is 12.5 Å². The minimum Gasteiger partial charge on any atom is -0.481 e. The van der Waals surface area contributed by atoms with Crippen molar-refractivity contribution in [1.82, 2.24) is 0 Å². The monoisotopic (exact) mass is 1130 g/mol. The van der Waals surface area contributed by atoms with Gasteiger partial charge in [-0.2, -0.15) is 0 Å². The summed E-state index contributed by atoms with van der Waals surface area (Å²) in [5.74, 6) is -4.51. The van der Waals surface area contributed by atoms with Crippen molar-refractivity contribution in [2.75, 3.05) is 26.4 Å². The van der Waals surface area contributed by atoms with E-state index in [4.69, 9.17) is 42.6 Å². The van der Waals surface area contributed by atoms with Crippen molar-refractivity contribution in [2.24, 2.45) is 50.2 Å². The number of allylic oxidation sites excluding steroid dienone is 2. The molecule has 4 saturated carbocycles. The zero-order valence-corrected chi connectivity index (χ0v) is 46.0. The number of fused-ring (bicyclic) bond motifs is 7. The Bertz CT molecular complexity index is 2300. The van der Waals surface area contributed by atoms with Crippen molar-refractivity contribution in [3.05, 3.63) is 11.6 Å². The van der Waals surface area contributed by atoms with Crippen LogP contribution in [0.25, 0.3) is 0 Å². The van der Waals surface area contributed by atoms with Gasteiger partial charge in [0.1, 0.15) is 72.1 Å². The molecule has 25 heteroatoms. The van der Waals surface area contributed by atoms with E-state index in [2.05, 4.69) is 33.8 Å². The van der Waals surface area contributed by atoms with Gasteiger partial charge in [0.05, 0.1) is 50.2 Å². The predicted molar refractivity (Wildman–Crippen MR) is 264 cm³/mol. The van der Waals surface area contributed by atoms with E-state index in [9.17, 15) is 76.0 Å². The number of ether oxygens (including phenoxy) is 9. The molecule has 0 aromatic carbocycles. The number of hydrogen-bond acceptors (Lipinski definition) is 24. The first-order chi connectivity index (χ1) is 36.8. The van der Waals surface area contributed by atoms with Crippen molar-refractivity contribution >= 4 is 17.9 Å². The molecule has 0 radical (unpaired) electrons. The molecule has 8 fully saturated rings. The predicted octanol–water partition coefficient (Wildman–Crippen LogP) is -2.15. The Morgan fingerprint density at radius 3 is 2.00 bits per heavy atom. The summed E-state index contributed by atoms with van der Waals surface area (Å²) in [5.41, 5.74) is -7.33. The summed E-state index contributed by atoms with van der Waals surface area (Å²) in [4.78, 5) is 41.4. The van der Waals surface area contributed by atoms with E-state index in [0.29, 0.717) is 32.1 Å². The van der Waals surface area contributed by atoms with Crippen molar-refractivity contribution in [2.45, 2.75) is 229 Å². The van der Waals surface area contributed by atoms with Gasteiger partial charge < -0.3 is 109 Å². The molecular formula is C54H84O25. The van der Waals surface area contributed by atoms with Gasteiger partial charge in [0.25, 0.3) is 0 Å². The van der Waals surface area contributed by atoms with Crippen LogP contribution in [0.5, 0.6) is 0 Å². The number of esters is 2. The van der Waals surface area contributed by atoms with Crippen molar-refractivity contribution in [3.8, 4) is 0 Å². The normalized spacial score (nSPS) is 53.3. The summed E-state index contributed by atoms with van der Waals surface area (Å²) in [6.07, 6.45) is -26.4. The van der Waals surface area contributed by atoms with Crippen LogP contribution >= 0.6 is 0 Å². The Hall–Kier alpha value is -2.61. The number of rotatable bonds is 12. The molecule has 9 rings (SSSR count). The van der Waals surface area contributed by atoms with E-state index in [-0.39, 0.29) is 30.6 Å². The number of aliphatic carboxylic acids is 1. The maximum absolute atomic E-state index is 15.4. The number of aliphatic hydroxyl groups is 12. The largest absolute Gasteiger partial charge is 0.481 e. The van der Waals surface area contributed by atoms with Gasteiger partial charge in [-0.1, -0.05) is 46.3 Å². The number of carbonyl (C=O) groups is 3. The van der Waals surface area contributed by atoms with Crippen LogP contribution in [0.1, 0.15) is 107 Å². The summed E-state index contributed by atoms with van der Waals surface area (Å²) in [6.45, 7) is 11.7. The third-order valence-corrected chi connectivity index (χ3v) is 21.1. The van der Waals surface area contributed by atoms with E-state index in [1.807, 2.05) is 6.92 Å². The molecule has 0 aromatic rings. The highest BCUT2D eigenvalue weighted by Gasteiger charge is 2.74. The molecule has 5 aliphatic carbocycles. The molecule has 0 spiro atoms. The minimum absolute atomic E-state index is 0.0535. The van der Waals surface area contributed by atoms with E-state index >= 15 is 4.79 Å². The maximum Gasteiger partial charge on any atom is 0.317 e. The average Bonchev–Trinajstić information content (AvgIpc) is 3.67. The van der Waals surface area contributed by atoms with Gasteiger partial charge in [-0.3, -0.25) is 14.4 Å². The fraction of sp³-hybridized carbons (Fsp3) is 0.907. The molecule has 4 aliphatic heterocycles. The quantitative estimate of drug-likeness (QED) is 0.0563. The zero-order chi connectivity index (χ0) is 58.1. The lowest BCUT2D eigenvalue weighted by Crippen LogP contribution is -2.71. The Morgan fingerprint density at radius 1 is 0.696 bits per heavy atom. The summed E-state index contributed by atoms with van der Waals surface area (Å²) < 4.78 is 52.9. The van der Waals surface area contributed by atoms with Crippen LogP contribution in [-0.4, -0.2) is 233 Å². The van der Waals surface area contributed by atoms with Crippen molar-refractivity contribution in [1.29, 1.82) is 0 Å². The van der Waals surface area contributed by atoms with Gasteiger partial charge >= 0.3 is 17.9 Å². The third kappa shape index (κ3) is 9.63. The number of carbonyl (C=O) groups excluding carboxylic acids is 2. The lowest BCUT2D eigenvalue weighted by molar-refractivity contribution is -0.362. The molecule has 28 atom stereocenters. The summed E-state index contributed by atoms with van der Waals surface area (Å²) in [5, 5.41) is 144. The number of carboxylic acids is 1. The van der Waals surface area contributed by atoms with Gasteiger partial charge in [0, 0.05) is 6.92 Å². The van der Waals surface area contributed by atoms with Crippen LogP contribution in [0.4, 0.5) is 0 Å².